The summed E-state index contributed by atoms with van der Waals surface area (Å²) in [6, 6.07) is 25.1. The summed E-state index contributed by atoms with van der Waals surface area (Å²) in [7, 11) is 0. The second kappa shape index (κ2) is 18.7. The Morgan fingerprint density at radius 1 is 0.754 bits per heavy atom. The highest BCUT2D eigenvalue weighted by Gasteiger charge is 2.34. The van der Waals surface area contributed by atoms with Crippen LogP contribution in [0.15, 0.2) is 91.3 Å². The zero-order valence-corrected chi connectivity index (χ0v) is 32.0. The van der Waals surface area contributed by atoms with E-state index in [0.717, 1.165) is 77.1 Å². The molecule has 3 aromatic carbocycles. The monoisotopic (exact) mass is 785 g/mol. The molecule has 302 valence electrons. The van der Waals surface area contributed by atoms with Crippen molar-refractivity contribution in [2.24, 2.45) is 17.8 Å². The van der Waals surface area contributed by atoms with Crippen LogP contribution in [0.2, 0.25) is 0 Å². The van der Waals surface area contributed by atoms with Crippen molar-refractivity contribution in [3.05, 3.63) is 91.3 Å². The average Bonchev–Trinajstić information content (AvgIpc) is 3.23. The minimum Gasteiger partial charge on any atom is -0.492 e. The summed E-state index contributed by atoms with van der Waals surface area (Å²) in [5.41, 5.74) is 3.31. The first kappa shape index (κ1) is 39.8. The second-order valence-electron chi connectivity index (χ2n) is 15.1. The summed E-state index contributed by atoms with van der Waals surface area (Å²) in [5.74, 6) is 1.70. The topological polar surface area (TPSA) is 112 Å². The lowest BCUT2D eigenvalue weighted by molar-refractivity contribution is -0.274. The van der Waals surface area contributed by atoms with Gasteiger partial charge >= 0.3 is 6.36 Å². The third kappa shape index (κ3) is 11.4. The SMILES string of the molecule is O=C(NCCOc1ccc(-c2cc(Nc3ccc(OC(F)(F)F)cc3)ncn2)cc1)C1CCC(C(=O)N2CCN(CC3CCN(c4ccccc4)CC3)CC2)CC1. The van der Waals surface area contributed by atoms with Crippen LogP contribution in [0.4, 0.5) is 30.4 Å². The maximum atomic E-state index is 13.4. The van der Waals surface area contributed by atoms with Crippen molar-refractivity contribution in [1.29, 1.82) is 0 Å². The lowest BCUT2D eigenvalue weighted by Crippen LogP contribution is -2.52. The highest BCUT2D eigenvalue weighted by Crippen LogP contribution is 2.32. The molecule has 3 heterocycles. The van der Waals surface area contributed by atoms with E-state index in [2.05, 4.69) is 70.4 Å². The number of amides is 2. The van der Waals surface area contributed by atoms with Crippen molar-refractivity contribution in [1.82, 2.24) is 25.1 Å². The van der Waals surface area contributed by atoms with Crippen LogP contribution in [-0.2, 0) is 9.59 Å². The van der Waals surface area contributed by atoms with E-state index < -0.39 is 6.36 Å². The number of para-hydroxylation sites is 1. The molecule has 0 radical (unpaired) electrons. The number of nitrogens with one attached hydrogen (secondary N) is 2. The van der Waals surface area contributed by atoms with Gasteiger partial charge in [-0.05, 0) is 105 Å². The number of piperazine rings is 1. The number of carbonyl (C=O) groups excluding carboxylic acids is 2. The number of alkyl halides is 3. The van der Waals surface area contributed by atoms with Crippen LogP contribution < -0.4 is 25.0 Å². The van der Waals surface area contributed by atoms with E-state index in [1.165, 1.54) is 49.1 Å². The van der Waals surface area contributed by atoms with Gasteiger partial charge in [-0.15, -0.1) is 13.2 Å². The summed E-state index contributed by atoms with van der Waals surface area (Å²) in [5, 5.41) is 6.06. The van der Waals surface area contributed by atoms with Gasteiger partial charge in [0.25, 0.3) is 0 Å². The second-order valence-corrected chi connectivity index (χ2v) is 15.1. The molecule has 0 bridgehead atoms. The molecule has 57 heavy (non-hydrogen) atoms. The number of carbonyl (C=O) groups is 2. The smallest absolute Gasteiger partial charge is 0.492 e. The Hall–Kier alpha value is -5.37. The van der Waals surface area contributed by atoms with Crippen molar-refractivity contribution in [3.8, 4) is 22.8 Å². The highest BCUT2D eigenvalue weighted by atomic mass is 19.4. The van der Waals surface area contributed by atoms with Crippen LogP contribution >= 0.6 is 0 Å². The number of nitrogens with zero attached hydrogens (tertiary/aromatic N) is 5. The highest BCUT2D eigenvalue weighted by molar-refractivity contribution is 5.81. The van der Waals surface area contributed by atoms with E-state index in [1.807, 2.05) is 24.3 Å². The number of ether oxygens (including phenoxy) is 2. The predicted molar refractivity (Wildman–Crippen MR) is 212 cm³/mol. The van der Waals surface area contributed by atoms with E-state index in [-0.39, 0.29) is 29.4 Å². The Labute approximate surface area is 331 Å². The molecule has 0 unspecified atom stereocenters. The summed E-state index contributed by atoms with van der Waals surface area (Å²) in [6.45, 7) is 7.46. The molecular weight excluding hydrogens is 736 g/mol. The van der Waals surface area contributed by atoms with Gasteiger partial charge in [0.1, 0.15) is 30.3 Å². The van der Waals surface area contributed by atoms with Crippen molar-refractivity contribution in [3.63, 3.8) is 0 Å². The molecule has 11 nitrogen and oxygen atoms in total. The largest absolute Gasteiger partial charge is 0.573 e. The summed E-state index contributed by atoms with van der Waals surface area (Å²) < 4.78 is 47.1. The molecule has 2 N–H and O–H groups in total. The predicted octanol–water partition coefficient (Wildman–Crippen LogP) is 7.15. The lowest BCUT2D eigenvalue weighted by atomic mass is 9.81. The minimum absolute atomic E-state index is 0.00179. The van der Waals surface area contributed by atoms with Crippen LogP contribution in [0, 0.1) is 17.8 Å². The summed E-state index contributed by atoms with van der Waals surface area (Å²) in [6.07, 6.45) is 1.99. The van der Waals surface area contributed by atoms with Gasteiger partial charge in [-0.2, -0.15) is 0 Å². The summed E-state index contributed by atoms with van der Waals surface area (Å²) >= 11 is 0. The van der Waals surface area contributed by atoms with Crippen LogP contribution in [0.1, 0.15) is 38.5 Å². The molecule has 0 atom stereocenters. The van der Waals surface area contributed by atoms with E-state index in [1.54, 1.807) is 6.07 Å². The maximum Gasteiger partial charge on any atom is 0.573 e. The zero-order valence-electron chi connectivity index (χ0n) is 32.0. The molecule has 2 amide bonds. The van der Waals surface area contributed by atoms with Gasteiger partial charge in [-0.25, -0.2) is 9.97 Å². The number of benzene rings is 3. The molecule has 1 aliphatic carbocycles. The zero-order chi connectivity index (χ0) is 39.6. The van der Waals surface area contributed by atoms with Gasteiger partial charge in [0.2, 0.25) is 11.8 Å². The molecule has 2 saturated heterocycles. The number of anilines is 3. The number of halogens is 3. The molecule has 7 rings (SSSR count). The fraction of sp³-hybridized carbons (Fsp3) is 0.442. The van der Waals surface area contributed by atoms with Gasteiger partial charge in [0.15, 0.2) is 0 Å². The Morgan fingerprint density at radius 3 is 2.11 bits per heavy atom. The van der Waals surface area contributed by atoms with Gasteiger partial charge < -0.3 is 29.9 Å². The average molecular weight is 786 g/mol. The number of rotatable bonds is 13. The number of piperidine rings is 1. The van der Waals surface area contributed by atoms with Gasteiger partial charge in [0.05, 0.1) is 12.2 Å². The first-order valence-electron chi connectivity index (χ1n) is 19.9. The molecule has 4 aromatic rings. The Kier molecular flexibility index (Phi) is 13.1. The maximum absolute atomic E-state index is 13.4. The Bertz CT molecular complexity index is 1890. The van der Waals surface area contributed by atoms with E-state index in [4.69, 9.17) is 4.74 Å². The van der Waals surface area contributed by atoms with Gasteiger partial charge in [-0.3, -0.25) is 14.5 Å². The molecular formula is C43H50F3N7O4. The fourth-order valence-corrected chi connectivity index (χ4v) is 8.07. The standard InChI is InChI=1S/C43H50F3N7O4/c44-43(45,46)57-38-16-12-35(13-17-38)50-40-28-39(48-30-49-40)32-10-14-37(15-11-32)56-27-20-47-41(54)33-6-8-34(9-7-33)42(55)53-25-23-51(24-26-53)29-31-18-21-52(22-19-31)36-4-2-1-3-5-36/h1-5,10-17,28,30-31,33-34H,6-9,18-27,29H2,(H,47,54)(H,48,49,50). The van der Waals surface area contributed by atoms with Crippen molar-refractivity contribution < 1.29 is 32.2 Å². The lowest BCUT2D eigenvalue weighted by Gasteiger charge is -2.40. The summed E-state index contributed by atoms with van der Waals surface area (Å²) in [4.78, 5) is 42.0. The normalized spacial score (nSPS) is 19.5. The van der Waals surface area contributed by atoms with Crippen LogP contribution in [0.5, 0.6) is 11.5 Å². The van der Waals surface area contributed by atoms with Gasteiger partial charge in [-0.1, -0.05) is 18.2 Å². The minimum atomic E-state index is -4.75. The fourth-order valence-electron chi connectivity index (χ4n) is 8.07. The van der Waals surface area contributed by atoms with Crippen LogP contribution in [0.25, 0.3) is 11.3 Å². The molecule has 3 aliphatic rings. The van der Waals surface area contributed by atoms with E-state index in [9.17, 15) is 22.8 Å². The third-order valence-corrected chi connectivity index (χ3v) is 11.2. The van der Waals surface area contributed by atoms with Crippen molar-refractivity contribution in [2.45, 2.75) is 44.9 Å². The molecule has 0 spiro atoms. The first-order valence-corrected chi connectivity index (χ1v) is 19.9. The van der Waals surface area contributed by atoms with E-state index in [0.29, 0.717) is 42.0 Å². The molecule has 14 heteroatoms. The van der Waals surface area contributed by atoms with Crippen molar-refractivity contribution >= 4 is 29.0 Å². The van der Waals surface area contributed by atoms with E-state index >= 15 is 0 Å². The van der Waals surface area contributed by atoms with Crippen molar-refractivity contribution in [2.75, 3.05) is 69.2 Å². The third-order valence-electron chi connectivity index (χ3n) is 11.2. The molecule has 3 fully saturated rings. The Morgan fingerprint density at radius 2 is 1.42 bits per heavy atom. The quantitative estimate of drug-likeness (QED) is 0.137. The number of aromatic nitrogens is 2. The Balaban J connectivity index is 0.765. The molecule has 1 aromatic heterocycles. The number of hydrogen-bond donors (Lipinski definition) is 2. The van der Waals surface area contributed by atoms with Crippen LogP contribution in [-0.4, -0.2) is 96.9 Å². The van der Waals surface area contributed by atoms with Gasteiger partial charge in [0, 0.05) is 80.7 Å². The first-order chi connectivity index (χ1) is 27.6. The molecule has 1 saturated carbocycles. The van der Waals surface area contributed by atoms with Crippen LogP contribution in [0.3, 0.4) is 0 Å². The number of hydrogen-bond acceptors (Lipinski definition) is 9. The molecule has 2 aliphatic heterocycles.